The minimum atomic E-state index is -0.519. The van der Waals surface area contributed by atoms with Crippen molar-refractivity contribution in [2.45, 2.75) is 30.4 Å². The van der Waals surface area contributed by atoms with Crippen molar-refractivity contribution >= 4 is 55.1 Å². The number of carbonyl (C=O) groups is 2. The van der Waals surface area contributed by atoms with Crippen LogP contribution < -0.4 is 10.7 Å². The number of amides is 2. The first kappa shape index (κ1) is 19.8. The fourth-order valence-electron chi connectivity index (χ4n) is 2.51. The Morgan fingerprint density at radius 1 is 1.15 bits per heavy atom. The van der Waals surface area contributed by atoms with Crippen LogP contribution >= 0.6 is 31.9 Å². The molecule has 1 heterocycles. The minimum absolute atomic E-state index is 0.145. The topological polar surface area (TPSA) is 83.7 Å². The van der Waals surface area contributed by atoms with Crippen molar-refractivity contribution in [2.24, 2.45) is 10.5 Å². The monoisotopic (exact) mass is 495 g/mol. The van der Waals surface area contributed by atoms with Crippen LogP contribution in [-0.2, 0) is 4.79 Å². The van der Waals surface area contributed by atoms with Crippen LogP contribution in [0.5, 0.6) is 0 Å². The first-order valence-corrected chi connectivity index (χ1v) is 9.92. The van der Waals surface area contributed by atoms with Crippen LogP contribution in [0.2, 0.25) is 0 Å². The maximum Gasteiger partial charge on any atom is 0.291 e. The zero-order chi connectivity index (χ0) is 19.8. The number of nitrogens with one attached hydrogen (secondary N) is 2. The molecule has 0 spiro atoms. The molecule has 2 aromatic rings. The quantitative estimate of drug-likeness (QED) is 0.361. The number of hydrogen-bond donors (Lipinski definition) is 2. The number of nitrogens with zero attached hydrogens (tertiary/aromatic N) is 1. The van der Waals surface area contributed by atoms with E-state index in [1.54, 1.807) is 31.2 Å². The fraction of sp³-hybridized carbons (Fsp3) is 0.316. The van der Waals surface area contributed by atoms with Gasteiger partial charge in [-0.2, -0.15) is 5.10 Å². The van der Waals surface area contributed by atoms with E-state index in [0.717, 1.165) is 5.56 Å². The summed E-state index contributed by atoms with van der Waals surface area (Å²) in [7, 11) is 0. The minimum Gasteiger partial charge on any atom is -0.456 e. The van der Waals surface area contributed by atoms with Crippen LogP contribution in [0, 0.1) is 12.3 Å². The third-order valence-electron chi connectivity index (χ3n) is 4.61. The molecule has 1 aliphatic rings. The molecule has 3 rings (SSSR count). The number of alkyl halides is 2. The first-order valence-electron chi connectivity index (χ1n) is 8.33. The van der Waals surface area contributed by atoms with Crippen LogP contribution in [0.3, 0.4) is 0 Å². The molecular formula is C19H19Br2N3O3. The highest BCUT2D eigenvalue weighted by Crippen LogP contribution is 2.66. The van der Waals surface area contributed by atoms with Gasteiger partial charge in [0.1, 0.15) is 5.76 Å². The number of halogens is 2. The van der Waals surface area contributed by atoms with Gasteiger partial charge < -0.3 is 9.73 Å². The lowest BCUT2D eigenvalue weighted by Crippen LogP contribution is -2.30. The molecule has 2 N–H and O–H groups in total. The van der Waals surface area contributed by atoms with E-state index in [9.17, 15) is 9.59 Å². The van der Waals surface area contributed by atoms with Crippen molar-refractivity contribution in [3.05, 3.63) is 53.5 Å². The van der Waals surface area contributed by atoms with Crippen molar-refractivity contribution in [2.75, 3.05) is 5.32 Å². The maximum atomic E-state index is 12.3. The van der Waals surface area contributed by atoms with E-state index in [-0.39, 0.29) is 20.8 Å². The first-order chi connectivity index (χ1) is 12.6. The average molecular weight is 497 g/mol. The summed E-state index contributed by atoms with van der Waals surface area (Å²) in [5, 5.41) is 6.95. The third-order valence-corrected chi connectivity index (χ3v) is 6.92. The molecule has 0 aliphatic heterocycles. The van der Waals surface area contributed by atoms with Gasteiger partial charge in [0.2, 0.25) is 5.91 Å². The second-order valence-corrected chi connectivity index (χ2v) is 10.6. The van der Waals surface area contributed by atoms with Gasteiger partial charge in [0.25, 0.3) is 5.91 Å². The Labute approximate surface area is 174 Å². The maximum absolute atomic E-state index is 12.3. The predicted molar refractivity (Wildman–Crippen MR) is 112 cm³/mol. The van der Waals surface area contributed by atoms with Gasteiger partial charge in [0, 0.05) is 5.69 Å². The second kappa shape index (κ2) is 7.24. The van der Waals surface area contributed by atoms with Crippen molar-refractivity contribution in [1.29, 1.82) is 0 Å². The lowest BCUT2D eigenvalue weighted by atomic mass is 10.1. The Morgan fingerprint density at radius 3 is 2.30 bits per heavy atom. The highest BCUT2D eigenvalue weighted by atomic mass is 79.9. The molecule has 0 unspecified atom stereocenters. The van der Waals surface area contributed by atoms with Crippen LogP contribution in [0.15, 0.2) is 45.9 Å². The normalized spacial score (nSPS) is 20.9. The van der Waals surface area contributed by atoms with Gasteiger partial charge >= 0.3 is 0 Å². The summed E-state index contributed by atoms with van der Waals surface area (Å²) in [6.07, 6.45) is 0.698. The van der Waals surface area contributed by atoms with Gasteiger partial charge in [0.15, 0.2) is 5.76 Å². The van der Waals surface area contributed by atoms with Gasteiger partial charge in [-0.05, 0) is 57.0 Å². The van der Waals surface area contributed by atoms with Crippen LogP contribution in [-0.4, -0.2) is 20.8 Å². The Balaban J connectivity index is 1.61. The molecule has 27 heavy (non-hydrogen) atoms. The second-order valence-electron chi connectivity index (χ2n) is 6.79. The number of anilines is 1. The number of aryl methyl sites for hydroxylation is 1. The van der Waals surface area contributed by atoms with Gasteiger partial charge in [-0.25, -0.2) is 5.43 Å². The number of furan rings is 1. The van der Waals surface area contributed by atoms with Crippen LogP contribution in [0.25, 0.3) is 0 Å². The zero-order valence-corrected chi connectivity index (χ0v) is 18.3. The summed E-state index contributed by atoms with van der Waals surface area (Å²) in [6.45, 7) is 5.46. The standard InChI is InChI=1S/C19H19Br2N3O3/c1-11-4-9-15(27-11)16(25)22-14-7-5-13(6-8-14)12(2)23-24-17(26)18(3)10-19(18,20)21/h4-9H,10H2,1-3H3,(H,22,25)(H,24,26)/t18-/m1/s1. The SMILES string of the molecule is CC(=NNC(=O)[C@@]1(C)CC1(Br)Br)c1ccc(NC(=O)c2ccc(C)o2)cc1. The molecule has 1 fully saturated rings. The molecule has 2 amide bonds. The number of rotatable bonds is 5. The van der Waals surface area contributed by atoms with Crippen molar-refractivity contribution < 1.29 is 14.0 Å². The van der Waals surface area contributed by atoms with E-state index >= 15 is 0 Å². The highest BCUT2D eigenvalue weighted by Gasteiger charge is 2.66. The van der Waals surface area contributed by atoms with E-state index < -0.39 is 5.41 Å². The molecule has 0 radical (unpaired) electrons. The van der Waals surface area contributed by atoms with Crippen molar-refractivity contribution in [1.82, 2.24) is 5.43 Å². The molecular weight excluding hydrogens is 478 g/mol. The van der Waals surface area contributed by atoms with Crippen LogP contribution in [0.1, 0.15) is 42.1 Å². The molecule has 0 bridgehead atoms. The van der Waals surface area contributed by atoms with Gasteiger partial charge in [-0.1, -0.05) is 44.0 Å². The predicted octanol–water partition coefficient (Wildman–Crippen LogP) is 4.58. The summed E-state index contributed by atoms with van der Waals surface area (Å²) in [5.41, 5.74) is 4.25. The van der Waals surface area contributed by atoms with Crippen LogP contribution in [0.4, 0.5) is 5.69 Å². The summed E-state index contributed by atoms with van der Waals surface area (Å²) in [6, 6.07) is 10.6. The lowest BCUT2D eigenvalue weighted by Gasteiger charge is -2.11. The van der Waals surface area contributed by atoms with E-state index in [1.165, 1.54) is 0 Å². The molecule has 1 atom stereocenters. The molecule has 1 aromatic carbocycles. The third kappa shape index (κ3) is 4.16. The molecule has 1 aliphatic carbocycles. The summed E-state index contributed by atoms with van der Waals surface area (Å²) in [4.78, 5) is 24.3. The number of benzene rings is 1. The van der Waals surface area contributed by atoms with Crippen molar-refractivity contribution in [3.63, 3.8) is 0 Å². The molecule has 0 saturated heterocycles. The largest absolute Gasteiger partial charge is 0.456 e. The Morgan fingerprint density at radius 2 is 1.78 bits per heavy atom. The molecule has 8 heteroatoms. The van der Waals surface area contributed by atoms with Gasteiger partial charge in [-0.3, -0.25) is 9.59 Å². The highest BCUT2D eigenvalue weighted by molar-refractivity contribution is 9.25. The van der Waals surface area contributed by atoms with Crippen molar-refractivity contribution in [3.8, 4) is 0 Å². The van der Waals surface area contributed by atoms with Gasteiger partial charge in [0.05, 0.1) is 14.4 Å². The molecule has 1 aromatic heterocycles. The number of hydrogen-bond acceptors (Lipinski definition) is 4. The van der Waals surface area contributed by atoms with Gasteiger partial charge in [-0.15, -0.1) is 0 Å². The number of hydrazone groups is 1. The van der Waals surface area contributed by atoms with E-state index in [2.05, 4.69) is 47.7 Å². The van der Waals surface area contributed by atoms with E-state index in [4.69, 9.17) is 4.42 Å². The Bertz CT molecular complexity index is 919. The van der Waals surface area contributed by atoms with E-state index in [1.807, 2.05) is 26.0 Å². The molecule has 1 saturated carbocycles. The number of carbonyl (C=O) groups excluding carboxylic acids is 2. The smallest absolute Gasteiger partial charge is 0.291 e. The summed E-state index contributed by atoms with van der Waals surface area (Å²) in [5.74, 6) is 0.495. The zero-order valence-electron chi connectivity index (χ0n) is 15.1. The van der Waals surface area contributed by atoms with E-state index in [0.29, 0.717) is 23.6 Å². The summed E-state index contributed by atoms with van der Waals surface area (Å²) >= 11 is 6.95. The Hall–Kier alpha value is -1.93. The fourth-order valence-corrected chi connectivity index (χ4v) is 3.99. The average Bonchev–Trinajstić information content (AvgIpc) is 2.94. The Kier molecular flexibility index (Phi) is 5.31. The molecule has 6 nitrogen and oxygen atoms in total. The lowest BCUT2D eigenvalue weighted by molar-refractivity contribution is -0.125. The summed E-state index contributed by atoms with van der Waals surface area (Å²) < 4.78 is 4.95. The molecule has 142 valence electrons.